The van der Waals surface area contributed by atoms with Gasteiger partial charge in [0.15, 0.2) is 5.13 Å². The van der Waals surface area contributed by atoms with Crippen molar-refractivity contribution in [1.82, 2.24) is 9.88 Å². The zero-order valence-electron chi connectivity index (χ0n) is 20.2. The Morgan fingerprint density at radius 1 is 0.946 bits per heavy atom. The van der Waals surface area contributed by atoms with Crippen LogP contribution in [0.2, 0.25) is 5.02 Å². The zero-order chi connectivity index (χ0) is 25.7. The number of aromatic nitrogens is 1. The van der Waals surface area contributed by atoms with Crippen molar-refractivity contribution in [2.45, 2.75) is 18.2 Å². The molecule has 0 atom stereocenters. The molecule has 3 aromatic carbocycles. The normalized spacial score (nSPS) is 15.9. The van der Waals surface area contributed by atoms with Gasteiger partial charge in [-0.25, -0.2) is 13.4 Å². The van der Waals surface area contributed by atoms with Gasteiger partial charge in [-0.1, -0.05) is 47.2 Å². The summed E-state index contributed by atoms with van der Waals surface area (Å²) in [5.74, 6) is -0.0988. The number of carbonyl (C=O) groups excluding carboxylic acids is 1. The number of benzene rings is 3. The molecule has 2 aliphatic rings. The lowest BCUT2D eigenvalue weighted by Gasteiger charge is -2.34. The molecular formula is C27H25ClN4O3S2. The number of piperazine rings is 1. The molecule has 0 unspecified atom stereocenters. The molecule has 37 heavy (non-hydrogen) atoms. The summed E-state index contributed by atoms with van der Waals surface area (Å²) in [4.78, 5) is 22.2. The van der Waals surface area contributed by atoms with Gasteiger partial charge in [0.2, 0.25) is 0 Å². The summed E-state index contributed by atoms with van der Waals surface area (Å²) in [7, 11) is -3.69. The third kappa shape index (κ3) is 4.24. The summed E-state index contributed by atoms with van der Waals surface area (Å²) in [5, 5.41) is 1.62. The van der Waals surface area contributed by atoms with Gasteiger partial charge >= 0.3 is 0 Å². The quantitative estimate of drug-likeness (QED) is 0.357. The molecule has 3 heterocycles. The van der Waals surface area contributed by atoms with Crippen molar-refractivity contribution in [2.75, 3.05) is 41.9 Å². The fourth-order valence-electron chi connectivity index (χ4n) is 4.96. The van der Waals surface area contributed by atoms with Gasteiger partial charge in [0.1, 0.15) is 0 Å². The van der Waals surface area contributed by atoms with Crippen LogP contribution in [-0.4, -0.2) is 56.9 Å². The average molecular weight is 553 g/mol. The average Bonchev–Trinajstić information content (AvgIpc) is 3.57. The van der Waals surface area contributed by atoms with Crippen LogP contribution in [0.15, 0.2) is 65.6 Å². The molecular weight excluding hydrogens is 528 g/mol. The molecule has 0 saturated carbocycles. The Balaban J connectivity index is 1.14. The summed E-state index contributed by atoms with van der Waals surface area (Å²) >= 11 is 7.95. The van der Waals surface area contributed by atoms with Crippen molar-refractivity contribution in [3.05, 3.63) is 82.4 Å². The fourth-order valence-corrected chi connectivity index (χ4v) is 7.84. The molecule has 10 heteroatoms. The molecule has 2 aliphatic heterocycles. The molecule has 7 nitrogen and oxygen atoms in total. The van der Waals surface area contributed by atoms with Crippen molar-refractivity contribution in [3.8, 4) is 0 Å². The topological polar surface area (TPSA) is 73.8 Å². The number of fused-ring (bicyclic) bond motifs is 2. The second-order valence-corrected chi connectivity index (χ2v) is 12.5. The van der Waals surface area contributed by atoms with Gasteiger partial charge < -0.3 is 9.80 Å². The molecule has 0 radical (unpaired) electrons. The van der Waals surface area contributed by atoms with E-state index in [4.69, 9.17) is 16.6 Å². The number of carbonyl (C=O) groups is 1. The largest absolute Gasteiger partial charge is 0.345 e. The minimum atomic E-state index is -3.69. The summed E-state index contributed by atoms with van der Waals surface area (Å²) in [5.41, 5.74) is 4.26. The molecule has 0 spiro atoms. The number of aryl methyl sites for hydroxylation is 1. The molecule has 0 bridgehead atoms. The molecule has 1 aromatic heterocycles. The van der Waals surface area contributed by atoms with Crippen LogP contribution in [0.5, 0.6) is 0 Å². The lowest BCUT2D eigenvalue weighted by atomic mass is 10.2. The van der Waals surface area contributed by atoms with Crippen LogP contribution in [0.4, 0.5) is 10.8 Å². The van der Waals surface area contributed by atoms with E-state index < -0.39 is 10.0 Å². The van der Waals surface area contributed by atoms with Crippen molar-refractivity contribution >= 4 is 59.9 Å². The number of thiazole rings is 1. The molecule has 6 rings (SSSR count). The van der Waals surface area contributed by atoms with E-state index in [0.717, 1.165) is 32.2 Å². The maximum atomic E-state index is 13.3. The lowest BCUT2D eigenvalue weighted by Crippen LogP contribution is -2.48. The fraction of sp³-hybridized carbons (Fsp3) is 0.259. The third-order valence-electron chi connectivity index (χ3n) is 7.06. The standard InChI is InChI=1S/C27H25ClN4O3S2/c1-18-6-11-22(28)25-24(18)29-27(36-25)31-16-14-30(15-17-31)26(33)20-7-9-21(10-8-20)37(34,35)32-13-12-19-4-2-3-5-23(19)32/h2-11H,12-17H2,1H3. The van der Waals surface area contributed by atoms with Crippen LogP contribution in [-0.2, 0) is 16.4 Å². The second kappa shape index (κ2) is 9.31. The monoisotopic (exact) mass is 552 g/mol. The predicted molar refractivity (Wildman–Crippen MR) is 149 cm³/mol. The second-order valence-electron chi connectivity index (χ2n) is 9.30. The Morgan fingerprint density at radius 2 is 1.68 bits per heavy atom. The highest BCUT2D eigenvalue weighted by atomic mass is 35.5. The number of nitrogens with zero attached hydrogens (tertiary/aromatic N) is 4. The predicted octanol–water partition coefficient (Wildman–Crippen LogP) is 4.97. The Labute approximate surface area is 225 Å². The van der Waals surface area contributed by atoms with E-state index in [1.807, 2.05) is 48.2 Å². The summed E-state index contributed by atoms with van der Waals surface area (Å²) < 4.78 is 29.0. The van der Waals surface area contributed by atoms with Crippen LogP contribution >= 0.6 is 22.9 Å². The van der Waals surface area contributed by atoms with Gasteiger partial charge in [-0.05, 0) is 60.9 Å². The van der Waals surface area contributed by atoms with Crippen LogP contribution in [0.25, 0.3) is 10.2 Å². The molecule has 0 aliphatic carbocycles. The van der Waals surface area contributed by atoms with Crippen molar-refractivity contribution in [3.63, 3.8) is 0 Å². The molecule has 190 valence electrons. The maximum absolute atomic E-state index is 13.3. The van der Waals surface area contributed by atoms with Crippen LogP contribution in [0.1, 0.15) is 21.5 Å². The number of anilines is 2. The first kappa shape index (κ1) is 24.2. The van der Waals surface area contributed by atoms with E-state index in [2.05, 4.69) is 4.90 Å². The van der Waals surface area contributed by atoms with Crippen molar-refractivity contribution < 1.29 is 13.2 Å². The zero-order valence-corrected chi connectivity index (χ0v) is 22.6. The smallest absolute Gasteiger partial charge is 0.264 e. The van der Waals surface area contributed by atoms with Crippen LogP contribution in [0, 0.1) is 6.92 Å². The highest BCUT2D eigenvalue weighted by Crippen LogP contribution is 2.36. The highest BCUT2D eigenvalue weighted by Gasteiger charge is 2.31. The summed E-state index contributed by atoms with van der Waals surface area (Å²) in [6.07, 6.45) is 0.696. The molecule has 1 amide bonds. The van der Waals surface area contributed by atoms with Gasteiger partial charge in [0.25, 0.3) is 15.9 Å². The minimum Gasteiger partial charge on any atom is -0.345 e. The first-order chi connectivity index (χ1) is 17.8. The summed E-state index contributed by atoms with van der Waals surface area (Å²) in [6.45, 7) is 4.91. The number of hydrogen-bond donors (Lipinski definition) is 0. The van der Waals surface area contributed by atoms with E-state index in [0.29, 0.717) is 49.7 Å². The van der Waals surface area contributed by atoms with Gasteiger partial charge in [-0.15, -0.1) is 0 Å². The third-order valence-corrected chi connectivity index (χ3v) is 10.5. The number of sulfonamides is 1. The Morgan fingerprint density at radius 3 is 2.41 bits per heavy atom. The Bertz CT molecular complexity index is 1570. The SMILES string of the molecule is Cc1ccc(Cl)c2sc(N3CCN(C(=O)c4ccc(S(=O)(=O)N5CCc6ccccc65)cc4)CC3)nc12. The van der Waals surface area contributed by atoms with E-state index in [1.54, 1.807) is 23.5 Å². The minimum absolute atomic E-state index is 0.0988. The van der Waals surface area contributed by atoms with Crippen molar-refractivity contribution in [1.29, 1.82) is 0 Å². The van der Waals surface area contributed by atoms with Crippen LogP contribution < -0.4 is 9.21 Å². The summed E-state index contributed by atoms with van der Waals surface area (Å²) in [6, 6.07) is 17.7. The lowest BCUT2D eigenvalue weighted by molar-refractivity contribution is 0.0746. The van der Waals surface area contributed by atoms with Crippen molar-refractivity contribution in [2.24, 2.45) is 0 Å². The molecule has 4 aromatic rings. The van der Waals surface area contributed by atoms with Gasteiger partial charge in [-0.2, -0.15) is 0 Å². The van der Waals surface area contributed by atoms with E-state index >= 15 is 0 Å². The van der Waals surface area contributed by atoms with Gasteiger partial charge in [0.05, 0.1) is 25.8 Å². The number of para-hydroxylation sites is 1. The first-order valence-electron chi connectivity index (χ1n) is 12.1. The number of amides is 1. The highest BCUT2D eigenvalue weighted by molar-refractivity contribution is 7.92. The van der Waals surface area contributed by atoms with Gasteiger partial charge in [-0.3, -0.25) is 9.10 Å². The first-order valence-corrected chi connectivity index (χ1v) is 14.8. The maximum Gasteiger partial charge on any atom is 0.264 e. The Hall–Kier alpha value is -3.14. The number of rotatable bonds is 4. The van der Waals surface area contributed by atoms with E-state index in [-0.39, 0.29) is 10.8 Å². The number of halogens is 1. The van der Waals surface area contributed by atoms with Crippen LogP contribution in [0.3, 0.4) is 0 Å². The molecule has 1 fully saturated rings. The Kier molecular flexibility index (Phi) is 6.09. The van der Waals surface area contributed by atoms with E-state index in [1.165, 1.54) is 16.4 Å². The molecule has 1 saturated heterocycles. The van der Waals surface area contributed by atoms with E-state index in [9.17, 15) is 13.2 Å². The molecule has 0 N–H and O–H groups in total. The van der Waals surface area contributed by atoms with Gasteiger partial charge in [0, 0.05) is 38.3 Å². The number of hydrogen-bond acceptors (Lipinski definition) is 6.